The van der Waals surface area contributed by atoms with E-state index in [-0.39, 0.29) is 43.6 Å². The molecule has 1 saturated heterocycles. The Labute approximate surface area is 168 Å². The first-order valence-electron chi connectivity index (χ1n) is 9.11. The second-order valence-electron chi connectivity index (χ2n) is 6.92. The van der Waals surface area contributed by atoms with Crippen molar-refractivity contribution in [3.05, 3.63) is 59.2 Å². The summed E-state index contributed by atoms with van der Waals surface area (Å²) >= 11 is 0. The summed E-state index contributed by atoms with van der Waals surface area (Å²) in [5.41, 5.74) is 2.03. The van der Waals surface area contributed by atoms with Crippen molar-refractivity contribution in [1.29, 1.82) is 0 Å². The van der Waals surface area contributed by atoms with E-state index in [1.54, 1.807) is 0 Å². The van der Waals surface area contributed by atoms with Crippen LogP contribution in [0.5, 0.6) is 5.75 Å². The highest BCUT2D eigenvalue weighted by Crippen LogP contribution is 2.21. The SMILES string of the molecule is Cc1ccc(OCC(=O)N2CCN(S(=O)(=O)c3ccc(F)c(F)c3)CC2)c(C)c1. The molecular formula is C20H22F2N2O4S. The first kappa shape index (κ1) is 21.2. The van der Waals surface area contributed by atoms with E-state index >= 15 is 0 Å². The molecule has 156 valence electrons. The highest BCUT2D eigenvalue weighted by molar-refractivity contribution is 7.89. The van der Waals surface area contributed by atoms with E-state index in [4.69, 9.17) is 4.74 Å². The number of aryl methyl sites for hydroxylation is 2. The number of carbonyl (C=O) groups is 1. The number of amides is 1. The number of piperazine rings is 1. The lowest BCUT2D eigenvalue weighted by molar-refractivity contribution is -0.134. The monoisotopic (exact) mass is 424 g/mol. The molecule has 0 N–H and O–H groups in total. The Kier molecular flexibility index (Phi) is 6.18. The molecular weight excluding hydrogens is 402 g/mol. The minimum Gasteiger partial charge on any atom is -0.484 e. The topological polar surface area (TPSA) is 66.9 Å². The Hall–Kier alpha value is -2.52. The number of halogens is 2. The Balaban J connectivity index is 1.58. The second-order valence-corrected chi connectivity index (χ2v) is 8.86. The van der Waals surface area contributed by atoms with Crippen molar-refractivity contribution >= 4 is 15.9 Å². The number of rotatable bonds is 5. The number of benzene rings is 2. The fourth-order valence-corrected chi connectivity index (χ4v) is 4.59. The standard InChI is InChI=1S/C20H22F2N2O4S/c1-14-3-6-19(15(2)11-14)28-13-20(25)23-7-9-24(10-8-23)29(26,27)16-4-5-17(21)18(22)12-16/h3-6,11-12H,7-10,13H2,1-2H3. The van der Waals surface area contributed by atoms with Gasteiger partial charge in [0.25, 0.3) is 5.91 Å². The van der Waals surface area contributed by atoms with Gasteiger partial charge in [0, 0.05) is 26.2 Å². The molecule has 6 nitrogen and oxygen atoms in total. The first-order valence-corrected chi connectivity index (χ1v) is 10.6. The van der Waals surface area contributed by atoms with Gasteiger partial charge >= 0.3 is 0 Å². The minimum absolute atomic E-state index is 0.0661. The molecule has 1 amide bonds. The van der Waals surface area contributed by atoms with Crippen LogP contribution in [-0.4, -0.2) is 56.3 Å². The number of nitrogens with zero attached hydrogens (tertiary/aromatic N) is 2. The molecule has 29 heavy (non-hydrogen) atoms. The van der Waals surface area contributed by atoms with Gasteiger partial charge in [-0.15, -0.1) is 0 Å². The van der Waals surface area contributed by atoms with Gasteiger partial charge in [-0.05, 0) is 43.7 Å². The van der Waals surface area contributed by atoms with Gasteiger partial charge in [-0.1, -0.05) is 17.7 Å². The van der Waals surface area contributed by atoms with Crippen LogP contribution in [0.2, 0.25) is 0 Å². The molecule has 0 atom stereocenters. The first-order chi connectivity index (χ1) is 13.7. The molecule has 3 rings (SSSR count). The molecule has 1 aliphatic rings. The number of hydrogen-bond acceptors (Lipinski definition) is 4. The lowest BCUT2D eigenvalue weighted by Crippen LogP contribution is -2.51. The van der Waals surface area contributed by atoms with Crippen LogP contribution in [0.1, 0.15) is 11.1 Å². The molecule has 1 heterocycles. The van der Waals surface area contributed by atoms with Crippen molar-refractivity contribution in [3.8, 4) is 5.75 Å². The van der Waals surface area contributed by atoms with Gasteiger partial charge in [0.1, 0.15) is 5.75 Å². The molecule has 0 aromatic heterocycles. The summed E-state index contributed by atoms with van der Waals surface area (Å²) in [6.45, 7) is 4.24. The van der Waals surface area contributed by atoms with E-state index in [0.717, 1.165) is 27.6 Å². The fourth-order valence-electron chi connectivity index (χ4n) is 3.16. The van der Waals surface area contributed by atoms with Crippen LogP contribution >= 0.6 is 0 Å². The molecule has 0 spiro atoms. The van der Waals surface area contributed by atoms with Crippen LogP contribution in [-0.2, 0) is 14.8 Å². The van der Waals surface area contributed by atoms with Gasteiger partial charge in [0.05, 0.1) is 4.90 Å². The van der Waals surface area contributed by atoms with Crippen molar-refractivity contribution < 1.29 is 26.7 Å². The van der Waals surface area contributed by atoms with Gasteiger partial charge in [-0.3, -0.25) is 4.79 Å². The molecule has 2 aromatic rings. The van der Waals surface area contributed by atoms with E-state index in [9.17, 15) is 22.0 Å². The zero-order valence-electron chi connectivity index (χ0n) is 16.2. The summed E-state index contributed by atoms with van der Waals surface area (Å²) in [5.74, 6) is -1.94. The second kappa shape index (κ2) is 8.46. The van der Waals surface area contributed by atoms with Crippen LogP contribution in [0, 0.1) is 25.5 Å². The van der Waals surface area contributed by atoms with Crippen LogP contribution in [0.3, 0.4) is 0 Å². The normalized spacial score (nSPS) is 15.4. The third kappa shape index (κ3) is 4.73. The minimum atomic E-state index is -3.96. The zero-order chi connectivity index (χ0) is 21.2. The number of carbonyl (C=O) groups excluding carboxylic acids is 1. The smallest absolute Gasteiger partial charge is 0.260 e. The maximum absolute atomic E-state index is 13.4. The fraction of sp³-hybridized carbons (Fsp3) is 0.350. The summed E-state index contributed by atoms with van der Waals surface area (Å²) in [6.07, 6.45) is 0. The average molecular weight is 424 g/mol. The van der Waals surface area contributed by atoms with Crippen molar-refractivity contribution in [2.45, 2.75) is 18.7 Å². The summed E-state index contributed by atoms with van der Waals surface area (Å²) in [5, 5.41) is 0. The number of hydrogen-bond donors (Lipinski definition) is 0. The molecule has 9 heteroatoms. The Bertz CT molecular complexity index is 1020. The average Bonchev–Trinajstić information content (AvgIpc) is 2.69. The molecule has 0 bridgehead atoms. The summed E-state index contributed by atoms with van der Waals surface area (Å²) < 4.78 is 58.4. The molecule has 0 radical (unpaired) electrons. The Morgan fingerprint density at radius 2 is 1.69 bits per heavy atom. The number of sulfonamides is 1. The summed E-state index contributed by atoms with van der Waals surface area (Å²) in [4.78, 5) is 13.6. The highest BCUT2D eigenvalue weighted by Gasteiger charge is 2.30. The molecule has 1 fully saturated rings. The third-order valence-electron chi connectivity index (χ3n) is 4.80. The van der Waals surface area contributed by atoms with Gasteiger partial charge < -0.3 is 9.64 Å². The Morgan fingerprint density at radius 3 is 2.31 bits per heavy atom. The molecule has 1 aliphatic heterocycles. The van der Waals surface area contributed by atoms with Gasteiger partial charge in [0.2, 0.25) is 10.0 Å². The van der Waals surface area contributed by atoms with Crippen molar-refractivity contribution in [2.75, 3.05) is 32.8 Å². The molecule has 2 aromatic carbocycles. The Morgan fingerprint density at radius 1 is 1.00 bits per heavy atom. The van der Waals surface area contributed by atoms with Gasteiger partial charge in [-0.25, -0.2) is 17.2 Å². The molecule has 0 saturated carbocycles. The van der Waals surface area contributed by atoms with Crippen LogP contribution in [0.15, 0.2) is 41.3 Å². The van der Waals surface area contributed by atoms with Crippen molar-refractivity contribution in [2.24, 2.45) is 0 Å². The van der Waals surface area contributed by atoms with Crippen molar-refractivity contribution in [1.82, 2.24) is 9.21 Å². The van der Waals surface area contributed by atoms with E-state index in [2.05, 4.69) is 0 Å². The van der Waals surface area contributed by atoms with Crippen LogP contribution in [0.4, 0.5) is 8.78 Å². The van der Waals surface area contributed by atoms with E-state index < -0.39 is 21.7 Å². The predicted molar refractivity (Wildman–Crippen MR) is 103 cm³/mol. The highest BCUT2D eigenvalue weighted by atomic mass is 32.2. The van der Waals surface area contributed by atoms with Gasteiger partial charge in [-0.2, -0.15) is 4.31 Å². The molecule has 0 aliphatic carbocycles. The van der Waals surface area contributed by atoms with Gasteiger partial charge in [0.15, 0.2) is 18.2 Å². The van der Waals surface area contributed by atoms with Crippen LogP contribution in [0.25, 0.3) is 0 Å². The zero-order valence-corrected chi connectivity index (χ0v) is 17.0. The molecule has 0 unspecified atom stereocenters. The summed E-state index contributed by atoms with van der Waals surface area (Å²) in [7, 11) is -3.96. The lowest BCUT2D eigenvalue weighted by atomic mass is 10.1. The maximum atomic E-state index is 13.4. The van der Waals surface area contributed by atoms with E-state index in [1.165, 1.54) is 4.90 Å². The third-order valence-corrected chi connectivity index (χ3v) is 6.70. The van der Waals surface area contributed by atoms with E-state index in [1.807, 2.05) is 32.0 Å². The number of ether oxygens (including phenoxy) is 1. The largest absolute Gasteiger partial charge is 0.484 e. The lowest BCUT2D eigenvalue weighted by Gasteiger charge is -2.34. The maximum Gasteiger partial charge on any atom is 0.260 e. The van der Waals surface area contributed by atoms with Crippen molar-refractivity contribution in [3.63, 3.8) is 0 Å². The van der Waals surface area contributed by atoms with E-state index in [0.29, 0.717) is 11.8 Å². The summed E-state index contributed by atoms with van der Waals surface area (Å²) in [6, 6.07) is 8.15. The van der Waals surface area contributed by atoms with Crippen LogP contribution < -0.4 is 4.74 Å². The quantitative estimate of drug-likeness (QED) is 0.740. The predicted octanol–water partition coefficient (Wildman–Crippen LogP) is 2.49.